The molecule has 0 saturated heterocycles. The number of carbonyl (C=O) groups excluding carboxylic acids is 1. The number of anilines is 1. The lowest BCUT2D eigenvalue weighted by Gasteiger charge is -2.08. The van der Waals surface area contributed by atoms with Crippen molar-refractivity contribution < 1.29 is 18.8 Å². The van der Waals surface area contributed by atoms with Crippen molar-refractivity contribution in [2.45, 2.75) is 12.8 Å². The first-order chi connectivity index (χ1) is 14.2. The minimum Gasteiger partial charge on any atom is -0.494 e. The summed E-state index contributed by atoms with van der Waals surface area (Å²) in [5.41, 5.74) is 2.47. The normalized spacial score (nSPS) is 10.7. The third-order valence-corrected chi connectivity index (χ3v) is 4.03. The Morgan fingerprint density at radius 1 is 0.966 bits per heavy atom. The predicted octanol–water partition coefficient (Wildman–Crippen LogP) is 5.42. The Morgan fingerprint density at radius 2 is 1.69 bits per heavy atom. The molecule has 29 heavy (non-hydrogen) atoms. The summed E-state index contributed by atoms with van der Waals surface area (Å²) in [6.07, 6.45) is 2.48. The van der Waals surface area contributed by atoms with Gasteiger partial charge in [0.15, 0.2) is 0 Å². The van der Waals surface area contributed by atoms with E-state index in [1.165, 1.54) is 36.0 Å². The summed E-state index contributed by atoms with van der Waals surface area (Å²) >= 11 is 0. The molecule has 0 aromatic heterocycles. The molecule has 3 aromatic rings. The van der Waals surface area contributed by atoms with Gasteiger partial charge in [0, 0.05) is 5.69 Å². The summed E-state index contributed by atoms with van der Waals surface area (Å²) in [6, 6.07) is 22.9. The second kappa shape index (κ2) is 10.6. The molecule has 0 heterocycles. The van der Waals surface area contributed by atoms with Crippen molar-refractivity contribution in [2.24, 2.45) is 5.16 Å². The minimum atomic E-state index is -0.722. The van der Waals surface area contributed by atoms with E-state index in [4.69, 9.17) is 9.57 Å². The Morgan fingerprint density at radius 3 is 2.41 bits per heavy atom. The Kier molecular flexibility index (Phi) is 7.34. The van der Waals surface area contributed by atoms with Crippen molar-refractivity contribution in [1.82, 2.24) is 0 Å². The summed E-state index contributed by atoms with van der Waals surface area (Å²) < 4.78 is 18.5. The van der Waals surface area contributed by atoms with E-state index in [0.29, 0.717) is 17.9 Å². The van der Waals surface area contributed by atoms with Gasteiger partial charge in [-0.1, -0.05) is 47.6 Å². The van der Waals surface area contributed by atoms with Crippen molar-refractivity contribution in [3.05, 3.63) is 95.8 Å². The maximum Gasteiger partial charge on any atom is 0.437 e. The van der Waals surface area contributed by atoms with Crippen molar-refractivity contribution in [1.29, 1.82) is 0 Å². The van der Waals surface area contributed by atoms with E-state index in [2.05, 4.69) is 22.6 Å². The number of halogens is 1. The fourth-order valence-electron chi connectivity index (χ4n) is 2.57. The van der Waals surface area contributed by atoms with E-state index in [1.54, 1.807) is 24.3 Å². The van der Waals surface area contributed by atoms with E-state index < -0.39 is 6.09 Å². The van der Waals surface area contributed by atoms with Crippen LogP contribution in [0.3, 0.4) is 0 Å². The number of oxime groups is 1. The first kappa shape index (κ1) is 20.1. The molecule has 0 atom stereocenters. The van der Waals surface area contributed by atoms with E-state index in [1.807, 2.05) is 18.2 Å². The first-order valence-corrected chi connectivity index (χ1v) is 9.23. The lowest BCUT2D eigenvalue weighted by atomic mass is 10.1. The molecule has 0 fully saturated rings. The van der Waals surface area contributed by atoms with Crippen LogP contribution in [0.1, 0.15) is 17.5 Å². The van der Waals surface area contributed by atoms with Crippen molar-refractivity contribution in [2.75, 3.05) is 11.9 Å². The number of rotatable bonds is 8. The van der Waals surface area contributed by atoms with Gasteiger partial charge in [-0.25, -0.2) is 9.18 Å². The van der Waals surface area contributed by atoms with Crippen LogP contribution in [0.15, 0.2) is 84.0 Å². The van der Waals surface area contributed by atoms with Gasteiger partial charge in [0.25, 0.3) is 0 Å². The van der Waals surface area contributed by atoms with Crippen molar-refractivity contribution in [3.63, 3.8) is 0 Å². The van der Waals surface area contributed by atoms with E-state index in [0.717, 1.165) is 18.6 Å². The standard InChI is InChI=1S/C23H21FN2O3/c24-20-10-8-19(9-11-20)17-25-29-23(27)26-21-12-14-22(15-13-21)28-16-4-7-18-5-2-1-3-6-18/h1-3,5-6,8-15,17H,4,7,16H2,(H,26,27)/b25-17+. The third-order valence-electron chi connectivity index (χ3n) is 4.03. The molecule has 1 N–H and O–H groups in total. The van der Waals surface area contributed by atoms with Crippen LogP contribution < -0.4 is 10.1 Å². The fraction of sp³-hybridized carbons (Fsp3) is 0.130. The minimum absolute atomic E-state index is 0.343. The van der Waals surface area contributed by atoms with Crippen LogP contribution in [-0.4, -0.2) is 18.9 Å². The zero-order valence-corrected chi connectivity index (χ0v) is 15.8. The number of ether oxygens (including phenoxy) is 1. The summed E-state index contributed by atoms with van der Waals surface area (Å²) in [5.74, 6) is 0.385. The number of nitrogens with zero attached hydrogens (tertiary/aromatic N) is 1. The lowest BCUT2D eigenvalue weighted by molar-refractivity contribution is 0.167. The van der Waals surface area contributed by atoms with Crippen molar-refractivity contribution >= 4 is 18.0 Å². The van der Waals surface area contributed by atoms with Crippen LogP contribution in [0, 0.1) is 5.82 Å². The molecule has 6 heteroatoms. The Labute approximate surface area is 168 Å². The van der Waals surface area contributed by atoms with Gasteiger partial charge in [0.2, 0.25) is 0 Å². The highest BCUT2D eigenvalue weighted by molar-refractivity contribution is 5.85. The zero-order valence-electron chi connectivity index (χ0n) is 15.8. The van der Waals surface area contributed by atoms with E-state index in [-0.39, 0.29) is 5.82 Å². The molecule has 148 valence electrons. The van der Waals surface area contributed by atoms with Gasteiger partial charge in [-0.2, -0.15) is 0 Å². The van der Waals surface area contributed by atoms with Crippen LogP contribution in [0.4, 0.5) is 14.9 Å². The van der Waals surface area contributed by atoms with Gasteiger partial charge in [-0.05, 0) is 60.4 Å². The highest BCUT2D eigenvalue weighted by atomic mass is 19.1. The lowest BCUT2D eigenvalue weighted by Crippen LogP contribution is -2.10. The number of hydrogen-bond acceptors (Lipinski definition) is 4. The average Bonchev–Trinajstić information content (AvgIpc) is 2.74. The van der Waals surface area contributed by atoms with E-state index >= 15 is 0 Å². The molecule has 0 aliphatic rings. The molecule has 0 aliphatic carbocycles. The maximum atomic E-state index is 12.8. The molecule has 0 unspecified atom stereocenters. The SMILES string of the molecule is O=C(Nc1ccc(OCCCc2ccccc2)cc1)O/N=C/c1ccc(F)cc1. The molecule has 0 saturated carbocycles. The Balaban J connectivity index is 1.38. The average molecular weight is 392 g/mol. The molecule has 3 aromatic carbocycles. The van der Waals surface area contributed by atoms with Gasteiger partial charge in [-0.3, -0.25) is 10.2 Å². The molecule has 3 rings (SSSR count). The maximum absolute atomic E-state index is 12.8. The summed E-state index contributed by atoms with van der Waals surface area (Å²) in [6.45, 7) is 0.613. The molecule has 0 spiro atoms. The highest BCUT2D eigenvalue weighted by Gasteiger charge is 2.03. The Hall–Kier alpha value is -3.67. The van der Waals surface area contributed by atoms with Gasteiger partial charge in [0.1, 0.15) is 11.6 Å². The second-order valence-electron chi connectivity index (χ2n) is 6.25. The van der Waals surface area contributed by atoms with Gasteiger partial charge < -0.3 is 4.74 Å². The van der Waals surface area contributed by atoms with E-state index in [9.17, 15) is 9.18 Å². The molecular weight excluding hydrogens is 371 g/mol. The zero-order chi connectivity index (χ0) is 20.3. The number of nitrogens with one attached hydrogen (secondary N) is 1. The van der Waals surface area contributed by atoms with Crippen LogP contribution in [0.2, 0.25) is 0 Å². The summed E-state index contributed by atoms with van der Waals surface area (Å²) in [7, 11) is 0. The molecule has 0 radical (unpaired) electrons. The van der Waals surface area contributed by atoms with Crippen LogP contribution in [0.25, 0.3) is 0 Å². The largest absolute Gasteiger partial charge is 0.494 e. The topological polar surface area (TPSA) is 59.9 Å². The van der Waals surface area contributed by atoms with Crippen LogP contribution in [0.5, 0.6) is 5.75 Å². The molecular formula is C23H21FN2O3. The molecule has 1 amide bonds. The molecule has 5 nitrogen and oxygen atoms in total. The van der Waals surface area contributed by atoms with Crippen LogP contribution >= 0.6 is 0 Å². The van der Waals surface area contributed by atoms with Gasteiger partial charge >= 0.3 is 6.09 Å². The first-order valence-electron chi connectivity index (χ1n) is 9.23. The fourth-order valence-corrected chi connectivity index (χ4v) is 2.57. The van der Waals surface area contributed by atoms with Gasteiger partial charge in [0.05, 0.1) is 12.8 Å². The number of aryl methyl sites for hydroxylation is 1. The molecule has 0 bridgehead atoms. The Bertz CT molecular complexity index is 927. The second-order valence-corrected chi connectivity index (χ2v) is 6.25. The van der Waals surface area contributed by atoms with Crippen LogP contribution in [-0.2, 0) is 11.3 Å². The number of amides is 1. The summed E-state index contributed by atoms with van der Waals surface area (Å²) in [4.78, 5) is 16.5. The number of carbonyl (C=O) groups is 1. The van der Waals surface area contributed by atoms with Gasteiger partial charge in [-0.15, -0.1) is 0 Å². The highest BCUT2D eigenvalue weighted by Crippen LogP contribution is 2.16. The number of benzene rings is 3. The van der Waals surface area contributed by atoms with Crippen molar-refractivity contribution in [3.8, 4) is 5.75 Å². The summed E-state index contributed by atoms with van der Waals surface area (Å²) in [5, 5.41) is 6.14. The quantitative estimate of drug-likeness (QED) is 0.241. The smallest absolute Gasteiger partial charge is 0.437 e. The predicted molar refractivity (Wildman–Crippen MR) is 111 cm³/mol. The third kappa shape index (κ3) is 7.10. The molecule has 0 aliphatic heterocycles. The monoisotopic (exact) mass is 392 g/mol. The number of hydrogen-bond donors (Lipinski definition) is 1.